The Labute approximate surface area is 204 Å². The number of fused-ring (bicyclic) bond motifs is 3. The van der Waals surface area contributed by atoms with E-state index in [0.717, 1.165) is 47.6 Å². The number of aromatic nitrogens is 1. The molecular formula is C25H29N3O4S2. The zero-order valence-corrected chi connectivity index (χ0v) is 21.0. The van der Waals surface area contributed by atoms with Gasteiger partial charge in [-0.25, -0.2) is 13.4 Å². The molecule has 3 aromatic rings. The van der Waals surface area contributed by atoms with E-state index in [9.17, 15) is 13.2 Å². The molecule has 0 aliphatic carbocycles. The van der Waals surface area contributed by atoms with E-state index in [1.165, 1.54) is 23.5 Å². The molecule has 0 radical (unpaired) electrons. The van der Waals surface area contributed by atoms with Gasteiger partial charge in [-0.2, -0.15) is 4.31 Å². The number of rotatable bonds is 10. The molecule has 9 heteroatoms. The van der Waals surface area contributed by atoms with Gasteiger partial charge >= 0.3 is 0 Å². The molecule has 2 aromatic carbocycles. The molecule has 0 bridgehead atoms. The molecular weight excluding hydrogens is 470 g/mol. The standard InChI is InChI=1S/C25H29N3O4S2/c1-3-5-15-28(16-6-4-2)34(30,31)19-13-11-18(12-14-19)24(29)27-25-26-23-20-9-7-8-10-21(20)32-17-22(23)33-25/h7-14H,3-6,15-17H2,1-2H3,(H,26,27,29). The lowest BCUT2D eigenvalue weighted by molar-refractivity contribution is 0.102. The molecule has 0 spiro atoms. The quantitative estimate of drug-likeness (QED) is 0.395. The van der Waals surface area contributed by atoms with Crippen molar-refractivity contribution in [3.8, 4) is 17.0 Å². The fourth-order valence-corrected chi connectivity index (χ4v) is 6.16. The van der Waals surface area contributed by atoms with Crippen molar-refractivity contribution in [2.45, 2.75) is 51.0 Å². The molecule has 0 fully saturated rings. The summed E-state index contributed by atoms with van der Waals surface area (Å²) in [4.78, 5) is 18.6. The van der Waals surface area contributed by atoms with E-state index < -0.39 is 10.0 Å². The minimum Gasteiger partial charge on any atom is -0.487 e. The maximum absolute atomic E-state index is 13.1. The first-order valence-corrected chi connectivity index (χ1v) is 13.8. The van der Waals surface area contributed by atoms with Crippen molar-refractivity contribution in [3.63, 3.8) is 0 Å². The smallest absolute Gasteiger partial charge is 0.257 e. The van der Waals surface area contributed by atoms with Gasteiger partial charge < -0.3 is 4.74 Å². The van der Waals surface area contributed by atoms with E-state index in [-0.39, 0.29) is 10.8 Å². The van der Waals surface area contributed by atoms with Crippen molar-refractivity contribution in [2.75, 3.05) is 18.4 Å². The van der Waals surface area contributed by atoms with Crippen LogP contribution in [0.25, 0.3) is 11.3 Å². The van der Waals surface area contributed by atoms with Crippen molar-refractivity contribution >= 4 is 32.4 Å². The highest BCUT2D eigenvalue weighted by atomic mass is 32.2. The number of carbonyl (C=O) groups excluding carboxylic acids is 1. The van der Waals surface area contributed by atoms with Crippen molar-refractivity contribution < 1.29 is 17.9 Å². The maximum Gasteiger partial charge on any atom is 0.257 e. The third-order valence-electron chi connectivity index (χ3n) is 5.70. The van der Waals surface area contributed by atoms with Crippen LogP contribution in [-0.2, 0) is 16.6 Å². The van der Waals surface area contributed by atoms with Crippen LogP contribution in [0.5, 0.6) is 5.75 Å². The van der Waals surface area contributed by atoms with Gasteiger partial charge in [0.15, 0.2) is 5.13 Å². The molecule has 4 rings (SSSR count). The SMILES string of the molecule is CCCCN(CCCC)S(=O)(=O)c1ccc(C(=O)Nc2nc3c(s2)COc2ccccc2-3)cc1. The molecule has 1 N–H and O–H groups in total. The number of para-hydroxylation sites is 1. The minimum atomic E-state index is -3.60. The van der Waals surface area contributed by atoms with E-state index in [1.807, 2.05) is 38.1 Å². The monoisotopic (exact) mass is 499 g/mol. The summed E-state index contributed by atoms with van der Waals surface area (Å²) in [6.45, 7) is 5.51. The van der Waals surface area contributed by atoms with Crippen LogP contribution >= 0.6 is 11.3 Å². The van der Waals surface area contributed by atoms with Gasteiger partial charge in [-0.05, 0) is 49.2 Å². The fraction of sp³-hybridized carbons (Fsp3) is 0.360. The molecule has 7 nitrogen and oxygen atoms in total. The fourth-order valence-electron chi connectivity index (χ4n) is 3.76. The van der Waals surface area contributed by atoms with Gasteiger partial charge in [0, 0.05) is 24.2 Å². The van der Waals surface area contributed by atoms with Crippen LogP contribution in [0.4, 0.5) is 5.13 Å². The normalized spacial score (nSPS) is 12.7. The topological polar surface area (TPSA) is 88.6 Å². The molecule has 0 unspecified atom stereocenters. The van der Waals surface area contributed by atoms with Gasteiger partial charge in [0.2, 0.25) is 10.0 Å². The van der Waals surface area contributed by atoms with Crippen molar-refractivity contribution in [3.05, 3.63) is 59.0 Å². The number of amides is 1. The summed E-state index contributed by atoms with van der Waals surface area (Å²) in [5.74, 6) is 0.444. The summed E-state index contributed by atoms with van der Waals surface area (Å²) in [6, 6.07) is 13.8. The van der Waals surface area contributed by atoms with Gasteiger partial charge in [-0.15, -0.1) is 0 Å². The molecule has 0 atom stereocenters. The third-order valence-corrected chi connectivity index (χ3v) is 8.55. The molecule has 2 heterocycles. The number of carbonyl (C=O) groups is 1. The summed E-state index contributed by atoms with van der Waals surface area (Å²) in [7, 11) is -3.60. The van der Waals surface area contributed by atoms with Crippen LogP contribution < -0.4 is 10.1 Å². The molecule has 0 saturated heterocycles. The van der Waals surface area contributed by atoms with E-state index in [4.69, 9.17) is 4.74 Å². The zero-order chi connectivity index (χ0) is 24.1. The number of nitrogens with one attached hydrogen (secondary N) is 1. The predicted molar refractivity (Wildman–Crippen MR) is 135 cm³/mol. The van der Waals surface area contributed by atoms with Crippen molar-refractivity contribution in [1.82, 2.24) is 9.29 Å². The number of ether oxygens (including phenoxy) is 1. The molecule has 1 aliphatic heterocycles. The van der Waals surface area contributed by atoms with Gasteiger partial charge in [-0.1, -0.05) is 50.2 Å². The Hall–Kier alpha value is -2.75. The average Bonchev–Trinajstić information content (AvgIpc) is 3.27. The summed E-state index contributed by atoms with van der Waals surface area (Å²) in [5.41, 5.74) is 2.10. The Kier molecular flexibility index (Phi) is 7.65. The number of hydrogen-bond donors (Lipinski definition) is 1. The van der Waals surface area contributed by atoms with Crippen molar-refractivity contribution in [1.29, 1.82) is 0 Å². The third kappa shape index (κ3) is 5.16. The first-order valence-electron chi connectivity index (χ1n) is 11.6. The number of hydrogen-bond acceptors (Lipinski definition) is 6. The highest BCUT2D eigenvalue weighted by Crippen LogP contribution is 2.40. The Morgan fingerprint density at radius 2 is 1.74 bits per heavy atom. The minimum absolute atomic E-state index is 0.203. The van der Waals surface area contributed by atoms with Gasteiger partial charge in [-0.3, -0.25) is 10.1 Å². The van der Waals surface area contributed by atoms with Gasteiger partial charge in [0.05, 0.1) is 15.5 Å². The van der Waals surface area contributed by atoms with Crippen LogP contribution in [0.15, 0.2) is 53.4 Å². The first-order chi connectivity index (χ1) is 16.4. The molecule has 1 aromatic heterocycles. The largest absolute Gasteiger partial charge is 0.487 e. The molecule has 0 saturated carbocycles. The van der Waals surface area contributed by atoms with Crippen LogP contribution in [0.1, 0.15) is 54.8 Å². The van der Waals surface area contributed by atoms with Crippen LogP contribution in [0, 0.1) is 0 Å². The number of anilines is 1. The summed E-state index contributed by atoms with van der Waals surface area (Å²) in [6.07, 6.45) is 3.48. The second-order valence-corrected chi connectivity index (χ2v) is 11.2. The Morgan fingerprint density at radius 1 is 1.06 bits per heavy atom. The summed E-state index contributed by atoms with van der Waals surface area (Å²) in [5, 5.41) is 3.32. The predicted octanol–water partition coefficient (Wildman–Crippen LogP) is 5.55. The highest BCUT2D eigenvalue weighted by molar-refractivity contribution is 7.89. The number of nitrogens with zero attached hydrogens (tertiary/aromatic N) is 2. The Morgan fingerprint density at radius 3 is 2.41 bits per heavy atom. The Bertz CT molecular complexity index is 1250. The van der Waals surface area contributed by atoms with Gasteiger partial charge in [0.1, 0.15) is 12.4 Å². The van der Waals surface area contributed by atoms with E-state index in [2.05, 4.69) is 10.3 Å². The lowest BCUT2D eigenvalue weighted by Crippen LogP contribution is -2.33. The van der Waals surface area contributed by atoms with Gasteiger partial charge in [0.25, 0.3) is 5.91 Å². The van der Waals surface area contributed by atoms with Crippen molar-refractivity contribution in [2.24, 2.45) is 0 Å². The van der Waals surface area contributed by atoms with E-state index >= 15 is 0 Å². The molecule has 1 aliphatic rings. The zero-order valence-electron chi connectivity index (χ0n) is 19.4. The van der Waals surface area contributed by atoms with Crippen LogP contribution in [0.3, 0.4) is 0 Å². The number of thiazole rings is 1. The average molecular weight is 500 g/mol. The second-order valence-electron chi connectivity index (χ2n) is 8.17. The maximum atomic E-state index is 13.1. The number of unbranched alkanes of at least 4 members (excludes halogenated alkanes) is 2. The molecule has 180 valence electrons. The number of sulfonamides is 1. The lowest BCUT2D eigenvalue weighted by Gasteiger charge is -2.22. The Balaban J connectivity index is 1.48. The molecule has 1 amide bonds. The number of benzene rings is 2. The van der Waals surface area contributed by atoms with Crippen LogP contribution in [-0.4, -0.2) is 36.7 Å². The molecule has 34 heavy (non-hydrogen) atoms. The summed E-state index contributed by atoms with van der Waals surface area (Å²) < 4.78 is 33.6. The first kappa shape index (κ1) is 24.4. The second kappa shape index (κ2) is 10.7. The summed E-state index contributed by atoms with van der Waals surface area (Å²) >= 11 is 1.38. The lowest BCUT2D eigenvalue weighted by atomic mass is 10.1. The van der Waals surface area contributed by atoms with E-state index in [1.54, 1.807) is 16.4 Å². The van der Waals surface area contributed by atoms with E-state index in [0.29, 0.717) is 30.4 Å². The van der Waals surface area contributed by atoms with Crippen LogP contribution in [0.2, 0.25) is 0 Å². The highest BCUT2D eigenvalue weighted by Gasteiger charge is 2.25.